The van der Waals surface area contributed by atoms with Gasteiger partial charge < -0.3 is 5.32 Å². The van der Waals surface area contributed by atoms with Crippen molar-refractivity contribution in [1.29, 1.82) is 0 Å². The molecule has 5 nitrogen and oxygen atoms in total. The summed E-state index contributed by atoms with van der Waals surface area (Å²) in [5, 5.41) is 14.4. The Labute approximate surface area is 116 Å². The largest absolute Gasteiger partial charge is 0.377 e. The van der Waals surface area contributed by atoms with Crippen LogP contribution in [0.15, 0.2) is 16.6 Å². The first-order valence-electron chi connectivity index (χ1n) is 5.80. The fourth-order valence-electron chi connectivity index (χ4n) is 1.76. The van der Waals surface area contributed by atoms with E-state index in [1.54, 1.807) is 4.68 Å². The van der Waals surface area contributed by atoms with Crippen molar-refractivity contribution in [1.82, 2.24) is 20.2 Å². The van der Waals surface area contributed by atoms with Gasteiger partial charge in [-0.05, 0) is 45.3 Å². The summed E-state index contributed by atoms with van der Waals surface area (Å²) in [5.41, 5.74) is 0.462. The van der Waals surface area contributed by atoms with Crippen molar-refractivity contribution >= 4 is 21.6 Å². The Balaban J connectivity index is 1.75. The van der Waals surface area contributed by atoms with Gasteiger partial charge in [0.2, 0.25) is 0 Å². The summed E-state index contributed by atoms with van der Waals surface area (Å²) >= 11 is 3.18. The maximum absolute atomic E-state index is 13.2. The Hall–Kier alpha value is -1.57. The number of hydrogen-bond acceptors (Lipinski definition) is 4. The van der Waals surface area contributed by atoms with Crippen LogP contribution in [0.5, 0.6) is 0 Å². The highest BCUT2D eigenvalue weighted by Gasteiger charge is 2.27. The second kappa shape index (κ2) is 4.84. The third-order valence-corrected chi connectivity index (χ3v) is 3.56. The average Bonchev–Trinajstić information content (AvgIpc) is 3.12. The van der Waals surface area contributed by atoms with Crippen LogP contribution < -0.4 is 5.32 Å². The Morgan fingerprint density at radius 3 is 2.79 bits per heavy atom. The summed E-state index contributed by atoms with van der Waals surface area (Å²) in [6, 6.07) is 2.56. The monoisotopic (exact) mass is 329 g/mol. The molecule has 1 fully saturated rings. The topological polar surface area (TPSA) is 55.6 Å². The molecule has 0 amide bonds. The minimum Gasteiger partial charge on any atom is -0.377 e. The van der Waals surface area contributed by atoms with Gasteiger partial charge in [0.1, 0.15) is 0 Å². The molecule has 3 rings (SSSR count). The summed E-state index contributed by atoms with van der Waals surface area (Å²) in [5.74, 6) is -1.10. The van der Waals surface area contributed by atoms with E-state index in [2.05, 4.69) is 36.8 Å². The number of nitrogens with zero attached hydrogens (tertiary/aromatic N) is 4. The van der Waals surface area contributed by atoms with Gasteiger partial charge in [-0.3, -0.25) is 0 Å². The van der Waals surface area contributed by atoms with Gasteiger partial charge in [0.25, 0.3) is 0 Å². The molecule has 1 aromatic heterocycles. The number of aromatic nitrogens is 4. The number of nitrogens with one attached hydrogen (secondary N) is 1. The summed E-state index contributed by atoms with van der Waals surface area (Å²) in [6.45, 7) is 0.354. The zero-order valence-corrected chi connectivity index (χ0v) is 11.4. The van der Waals surface area contributed by atoms with E-state index in [0.29, 0.717) is 28.6 Å². The third kappa shape index (κ3) is 2.58. The zero-order chi connectivity index (χ0) is 13.4. The van der Waals surface area contributed by atoms with Gasteiger partial charge in [-0.2, -0.15) is 0 Å². The van der Waals surface area contributed by atoms with Crippen molar-refractivity contribution in [2.24, 2.45) is 0 Å². The molecule has 0 spiro atoms. The van der Waals surface area contributed by atoms with Gasteiger partial charge in [-0.1, -0.05) is 0 Å². The molecule has 0 saturated heterocycles. The zero-order valence-electron chi connectivity index (χ0n) is 9.78. The molecule has 19 heavy (non-hydrogen) atoms. The van der Waals surface area contributed by atoms with Crippen molar-refractivity contribution in [3.63, 3.8) is 0 Å². The summed E-state index contributed by atoms with van der Waals surface area (Å²) in [6.07, 6.45) is 2.15. The second-order valence-electron chi connectivity index (χ2n) is 4.37. The molecular weight excluding hydrogens is 320 g/mol. The molecule has 1 aliphatic carbocycles. The average molecular weight is 330 g/mol. The molecule has 1 saturated carbocycles. The van der Waals surface area contributed by atoms with Crippen molar-refractivity contribution < 1.29 is 8.78 Å². The molecule has 2 aromatic rings. The standard InChI is InChI=1S/C11H10BrF2N5/c12-7-3-8(13)9(14)4-10(7)15-5-11-16-17-18-19(11)6-1-2-6/h3-4,6,15H,1-2,5H2. The summed E-state index contributed by atoms with van der Waals surface area (Å²) in [7, 11) is 0. The van der Waals surface area contributed by atoms with Crippen LogP contribution in [0.3, 0.4) is 0 Å². The van der Waals surface area contributed by atoms with E-state index in [0.717, 1.165) is 25.0 Å². The number of anilines is 1. The van der Waals surface area contributed by atoms with E-state index in [1.165, 1.54) is 0 Å². The molecule has 0 unspecified atom stereocenters. The fourth-order valence-corrected chi connectivity index (χ4v) is 2.22. The first-order chi connectivity index (χ1) is 9.15. The molecule has 1 aliphatic rings. The van der Waals surface area contributed by atoms with Crippen LogP contribution in [-0.4, -0.2) is 20.2 Å². The lowest BCUT2D eigenvalue weighted by Crippen LogP contribution is -2.09. The molecule has 0 atom stereocenters. The predicted molar refractivity (Wildman–Crippen MR) is 67.5 cm³/mol. The Kier molecular flexibility index (Phi) is 3.17. The van der Waals surface area contributed by atoms with Gasteiger partial charge in [-0.25, -0.2) is 13.5 Å². The van der Waals surface area contributed by atoms with Gasteiger partial charge in [0.15, 0.2) is 17.5 Å². The number of rotatable bonds is 4. The molecule has 0 aliphatic heterocycles. The highest BCUT2D eigenvalue weighted by molar-refractivity contribution is 9.10. The van der Waals surface area contributed by atoms with Gasteiger partial charge in [0.05, 0.1) is 18.3 Å². The SMILES string of the molecule is Fc1cc(Br)c(NCc2nnnn2C2CC2)cc1F. The van der Waals surface area contributed by atoms with E-state index in [4.69, 9.17) is 0 Å². The van der Waals surface area contributed by atoms with Gasteiger partial charge in [0, 0.05) is 10.5 Å². The third-order valence-electron chi connectivity index (χ3n) is 2.90. The van der Waals surface area contributed by atoms with Crippen LogP contribution in [0.2, 0.25) is 0 Å². The van der Waals surface area contributed by atoms with Crippen LogP contribution >= 0.6 is 15.9 Å². The Bertz CT molecular complexity index is 611. The highest BCUT2D eigenvalue weighted by atomic mass is 79.9. The normalized spacial score (nSPS) is 14.7. The minimum absolute atomic E-state index is 0.354. The number of hydrogen-bond donors (Lipinski definition) is 1. The van der Waals surface area contributed by atoms with E-state index < -0.39 is 11.6 Å². The smallest absolute Gasteiger partial charge is 0.170 e. The number of tetrazole rings is 1. The van der Waals surface area contributed by atoms with Crippen LogP contribution in [0.1, 0.15) is 24.7 Å². The van der Waals surface area contributed by atoms with Crippen LogP contribution in [0.4, 0.5) is 14.5 Å². The summed E-state index contributed by atoms with van der Waals surface area (Å²) < 4.78 is 28.4. The van der Waals surface area contributed by atoms with Gasteiger partial charge in [-0.15, -0.1) is 5.10 Å². The van der Waals surface area contributed by atoms with E-state index in [1.807, 2.05) is 0 Å². The first-order valence-corrected chi connectivity index (χ1v) is 6.59. The molecule has 1 aromatic carbocycles. The molecule has 1 heterocycles. The van der Waals surface area contributed by atoms with E-state index in [9.17, 15) is 8.78 Å². The first kappa shape index (κ1) is 12.5. The molecule has 8 heteroatoms. The molecular formula is C11H10BrF2N5. The van der Waals surface area contributed by atoms with Crippen LogP contribution in [0.25, 0.3) is 0 Å². The van der Waals surface area contributed by atoms with Crippen molar-refractivity contribution in [2.75, 3.05) is 5.32 Å². The fraction of sp³-hybridized carbons (Fsp3) is 0.364. The lowest BCUT2D eigenvalue weighted by atomic mass is 10.3. The minimum atomic E-state index is -0.896. The van der Waals surface area contributed by atoms with E-state index in [-0.39, 0.29) is 0 Å². The van der Waals surface area contributed by atoms with Crippen LogP contribution in [-0.2, 0) is 6.54 Å². The van der Waals surface area contributed by atoms with Gasteiger partial charge >= 0.3 is 0 Å². The quantitative estimate of drug-likeness (QED) is 0.876. The molecule has 1 N–H and O–H groups in total. The highest BCUT2D eigenvalue weighted by Crippen LogP contribution is 2.34. The van der Waals surface area contributed by atoms with Crippen molar-refractivity contribution in [3.05, 3.63) is 34.1 Å². The lowest BCUT2D eigenvalue weighted by Gasteiger charge is -2.09. The predicted octanol–water partition coefficient (Wildman–Crippen LogP) is 2.66. The van der Waals surface area contributed by atoms with Crippen molar-refractivity contribution in [2.45, 2.75) is 25.4 Å². The second-order valence-corrected chi connectivity index (χ2v) is 5.22. The molecule has 0 bridgehead atoms. The maximum Gasteiger partial charge on any atom is 0.170 e. The van der Waals surface area contributed by atoms with Crippen LogP contribution in [0, 0.1) is 11.6 Å². The number of benzene rings is 1. The lowest BCUT2D eigenvalue weighted by molar-refractivity contribution is 0.508. The summed E-state index contributed by atoms with van der Waals surface area (Å²) in [4.78, 5) is 0. The molecule has 0 radical (unpaired) electrons. The Morgan fingerprint density at radius 2 is 2.05 bits per heavy atom. The molecule has 100 valence electrons. The van der Waals surface area contributed by atoms with E-state index >= 15 is 0 Å². The number of halogens is 3. The Morgan fingerprint density at radius 1 is 1.32 bits per heavy atom. The van der Waals surface area contributed by atoms with Crippen molar-refractivity contribution in [3.8, 4) is 0 Å². The maximum atomic E-state index is 13.2.